The summed E-state index contributed by atoms with van der Waals surface area (Å²) in [6.45, 7) is 2.07. The number of rotatable bonds is 6. The maximum absolute atomic E-state index is 11.7. The molecular weight excluding hydrogens is 296 g/mol. The minimum atomic E-state index is -0.153. The van der Waals surface area contributed by atoms with E-state index in [9.17, 15) is 9.59 Å². The molecule has 0 saturated carbocycles. The summed E-state index contributed by atoms with van der Waals surface area (Å²) in [6.07, 6.45) is 3.71. The average Bonchev–Trinajstić information content (AvgIpc) is 3.23. The minimum absolute atomic E-state index is 0.0191. The van der Waals surface area contributed by atoms with Gasteiger partial charge in [0.2, 0.25) is 5.91 Å². The van der Waals surface area contributed by atoms with E-state index in [-0.39, 0.29) is 24.5 Å². The molecule has 0 aliphatic carbocycles. The summed E-state index contributed by atoms with van der Waals surface area (Å²) in [5.74, 6) is 0.624. The number of nitrogens with zero attached hydrogens (tertiary/aromatic N) is 1. The van der Waals surface area contributed by atoms with E-state index in [0.717, 1.165) is 38.1 Å². The predicted molar refractivity (Wildman–Crippen MR) is 85.5 cm³/mol. The number of anilines is 1. The fraction of sp³-hybridized carbons (Fsp3) is 0.529. The van der Waals surface area contributed by atoms with Gasteiger partial charge in [0.1, 0.15) is 5.75 Å². The molecule has 2 saturated heterocycles. The number of hydrogen-bond donors (Lipinski definition) is 1. The minimum Gasteiger partial charge on any atom is -0.484 e. The third-order valence-corrected chi connectivity index (χ3v) is 4.14. The molecule has 124 valence electrons. The lowest BCUT2D eigenvalue weighted by molar-refractivity contribution is -0.123. The number of benzene rings is 1. The van der Waals surface area contributed by atoms with E-state index in [1.807, 2.05) is 12.1 Å². The highest BCUT2D eigenvalue weighted by molar-refractivity contribution is 5.95. The van der Waals surface area contributed by atoms with E-state index < -0.39 is 0 Å². The van der Waals surface area contributed by atoms with Crippen molar-refractivity contribution in [3.63, 3.8) is 0 Å². The summed E-state index contributed by atoms with van der Waals surface area (Å²) in [4.78, 5) is 25.2. The third kappa shape index (κ3) is 4.22. The van der Waals surface area contributed by atoms with Gasteiger partial charge in [-0.3, -0.25) is 9.59 Å². The molecular formula is C17H22N2O4. The Hall–Kier alpha value is -2.08. The van der Waals surface area contributed by atoms with Gasteiger partial charge in [-0.25, -0.2) is 0 Å². The Kier molecular flexibility index (Phi) is 5.12. The normalized spacial score (nSPS) is 20.8. The Morgan fingerprint density at radius 1 is 1.30 bits per heavy atom. The van der Waals surface area contributed by atoms with Crippen LogP contribution in [0.2, 0.25) is 0 Å². The van der Waals surface area contributed by atoms with Crippen LogP contribution in [0.5, 0.6) is 5.75 Å². The number of hydrogen-bond acceptors (Lipinski definition) is 4. The largest absolute Gasteiger partial charge is 0.484 e. The second-order valence-electron chi connectivity index (χ2n) is 5.87. The van der Waals surface area contributed by atoms with Crippen molar-refractivity contribution in [1.82, 2.24) is 5.32 Å². The lowest BCUT2D eigenvalue weighted by Crippen LogP contribution is -2.35. The average molecular weight is 318 g/mol. The molecule has 2 aliphatic heterocycles. The molecule has 2 fully saturated rings. The lowest BCUT2D eigenvalue weighted by atomic mass is 10.2. The number of carbonyl (C=O) groups excluding carboxylic acids is 2. The second kappa shape index (κ2) is 7.46. The summed E-state index contributed by atoms with van der Waals surface area (Å²) in [7, 11) is 0. The van der Waals surface area contributed by atoms with Crippen LogP contribution in [0.25, 0.3) is 0 Å². The van der Waals surface area contributed by atoms with Crippen LogP contribution in [0.3, 0.4) is 0 Å². The fourth-order valence-corrected chi connectivity index (χ4v) is 2.88. The summed E-state index contributed by atoms with van der Waals surface area (Å²) in [5, 5.41) is 2.81. The zero-order valence-electron chi connectivity index (χ0n) is 13.1. The van der Waals surface area contributed by atoms with Crippen LogP contribution < -0.4 is 15.0 Å². The van der Waals surface area contributed by atoms with Crippen molar-refractivity contribution in [2.45, 2.75) is 31.8 Å². The molecule has 0 spiro atoms. The molecule has 2 heterocycles. The molecule has 1 aromatic rings. The smallest absolute Gasteiger partial charge is 0.258 e. The van der Waals surface area contributed by atoms with Gasteiger partial charge >= 0.3 is 0 Å². The van der Waals surface area contributed by atoms with Crippen LogP contribution in [0.1, 0.15) is 25.7 Å². The highest BCUT2D eigenvalue weighted by atomic mass is 16.5. The molecule has 6 nitrogen and oxygen atoms in total. The van der Waals surface area contributed by atoms with Gasteiger partial charge in [0.15, 0.2) is 6.61 Å². The van der Waals surface area contributed by atoms with E-state index in [1.165, 1.54) is 0 Å². The SMILES string of the molecule is O=C(COc1ccc(N2CCCC2=O)cc1)NCC1CCCO1. The Balaban J connectivity index is 1.42. The second-order valence-corrected chi connectivity index (χ2v) is 5.87. The molecule has 1 N–H and O–H groups in total. The van der Waals surface area contributed by atoms with Crippen molar-refractivity contribution in [1.29, 1.82) is 0 Å². The fourth-order valence-electron chi connectivity index (χ4n) is 2.88. The van der Waals surface area contributed by atoms with E-state index in [4.69, 9.17) is 9.47 Å². The first-order chi connectivity index (χ1) is 11.2. The zero-order valence-corrected chi connectivity index (χ0v) is 13.1. The quantitative estimate of drug-likeness (QED) is 0.863. The van der Waals surface area contributed by atoms with Crippen molar-refractivity contribution >= 4 is 17.5 Å². The summed E-state index contributed by atoms with van der Waals surface area (Å²) in [5.41, 5.74) is 0.877. The Morgan fingerprint density at radius 3 is 2.78 bits per heavy atom. The summed E-state index contributed by atoms with van der Waals surface area (Å²) in [6, 6.07) is 7.27. The number of carbonyl (C=O) groups is 2. The van der Waals surface area contributed by atoms with Crippen molar-refractivity contribution in [2.24, 2.45) is 0 Å². The molecule has 23 heavy (non-hydrogen) atoms. The summed E-state index contributed by atoms with van der Waals surface area (Å²) >= 11 is 0. The van der Waals surface area contributed by atoms with E-state index in [2.05, 4.69) is 5.32 Å². The van der Waals surface area contributed by atoms with Gasteiger partial charge in [0.05, 0.1) is 6.10 Å². The monoisotopic (exact) mass is 318 g/mol. The number of ether oxygens (including phenoxy) is 2. The van der Waals surface area contributed by atoms with Crippen LogP contribution >= 0.6 is 0 Å². The predicted octanol–water partition coefficient (Wildman–Crippen LogP) is 1.49. The maximum atomic E-state index is 11.7. The van der Waals surface area contributed by atoms with Crippen molar-refractivity contribution in [3.05, 3.63) is 24.3 Å². The van der Waals surface area contributed by atoms with Crippen LogP contribution in [-0.4, -0.2) is 44.2 Å². The Labute approximate surface area is 135 Å². The van der Waals surface area contributed by atoms with E-state index in [1.54, 1.807) is 17.0 Å². The van der Waals surface area contributed by atoms with Crippen molar-refractivity contribution in [2.75, 3.05) is 31.2 Å². The molecule has 1 aromatic carbocycles. The molecule has 2 amide bonds. The zero-order chi connectivity index (χ0) is 16.1. The molecule has 2 aliphatic rings. The topological polar surface area (TPSA) is 67.9 Å². The lowest BCUT2D eigenvalue weighted by Gasteiger charge is -2.16. The molecule has 3 rings (SSSR count). The first-order valence-electron chi connectivity index (χ1n) is 8.14. The Bertz CT molecular complexity index is 552. The molecule has 1 atom stereocenters. The van der Waals surface area contributed by atoms with Gasteiger partial charge in [0.25, 0.3) is 5.91 Å². The van der Waals surface area contributed by atoms with Gasteiger partial charge in [-0.1, -0.05) is 0 Å². The first-order valence-corrected chi connectivity index (χ1v) is 8.14. The van der Waals surface area contributed by atoms with Gasteiger partial charge in [-0.05, 0) is 43.5 Å². The molecule has 0 aromatic heterocycles. The van der Waals surface area contributed by atoms with Gasteiger partial charge in [-0.15, -0.1) is 0 Å². The van der Waals surface area contributed by atoms with E-state index in [0.29, 0.717) is 18.7 Å². The Morgan fingerprint density at radius 2 is 2.13 bits per heavy atom. The highest BCUT2D eigenvalue weighted by Crippen LogP contribution is 2.23. The van der Waals surface area contributed by atoms with Gasteiger partial charge in [-0.2, -0.15) is 0 Å². The number of nitrogens with one attached hydrogen (secondary N) is 1. The van der Waals surface area contributed by atoms with Crippen molar-refractivity contribution in [3.8, 4) is 5.75 Å². The molecule has 1 unspecified atom stereocenters. The van der Waals surface area contributed by atoms with Crippen LogP contribution in [0, 0.1) is 0 Å². The van der Waals surface area contributed by atoms with E-state index >= 15 is 0 Å². The number of amides is 2. The van der Waals surface area contributed by atoms with Crippen LogP contribution in [-0.2, 0) is 14.3 Å². The highest BCUT2D eigenvalue weighted by Gasteiger charge is 2.21. The van der Waals surface area contributed by atoms with Gasteiger partial charge in [0, 0.05) is 31.8 Å². The molecule has 0 radical (unpaired) electrons. The van der Waals surface area contributed by atoms with Crippen LogP contribution in [0.15, 0.2) is 24.3 Å². The molecule has 6 heteroatoms. The maximum Gasteiger partial charge on any atom is 0.258 e. The third-order valence-electron chi connectivity index (χ3n) is 4.14. The van der Waals surface area contributed by atoms with Crippen molar-refractivity contribution < 1.29 is 19.1 Å². The van der Waals surface area contributed by atoms with Gasteiger partial charge < -0.3 is 19.7 Å². The first kappa shape index (κ1) is 15.8. The van der Waals surface area contributed by atoms with Crippen LogP contribution in [0.4, 0.5) is 5.69 Å². The molecule has 0 bridgehead atoms. The standard InChI is InChI=1S/C17H22N2O4/c20-16(18-11-15-3-2-10-22-15)12-23-14-7-5-13(6-8-14)19-9-1-4-17(19)21/h5-8,15H,1-4,9-12H2,(H,18,20). The summed E-state index contributed by atoms with van der Waals surface area (Å²) < 4.78 is 10.9.